The molecule has 6 N–H and O–H groups in total. The topological polar surface area (TPSA) is 218 Å². The Morgan fingerprint density at radius 3 is 2.36 bits per heavy atom. The summed E-state index contributed by atoms with van der Waals surface area (Å²) in [5.74, 6) is -0.856. The number of imide groups is 1. The number of hydrogen-bond acceptors (Lipinski definition) is 13. The molecular formula is C41H48N10O7S. The van der Waals surface area contributed by atoms with E-state index in [-0.39, 0.29) is 47.7 Å². The highest BCUT2D eigenvalue weighted by molar-refractivity contribution is 7.89. The van der Waals surface area contributed by atoms with Crippen molar-refractivity contribution in [3.63, 3.8) is 0 Å². The molecule has 7 rings (SSSR count). The summed E-state index contributed by atoms with van der Waals surface area (Å²) in [6.07, 6.45) is 1.26. The first-order valence-electron chi connectivity index (χ1n) is 19.4. The molecule has 18 heteroatoms. The van der Waals surface area contributed by atoms with Crippen LogP contribution in [-0.2, 0) is 19.6 Å². The second kappa shape index (κ2) is 16.6. The fourth-order valence-corrected chi connectivity index (χ4v) is 8.75. The standard InChI is InChI=1S/C41H48N10O7S/c1-25-24-43-40(47-36(25)44-27-7-5-8-29(23-27)59(57,58)48-41(2,3)4)45-26-11-13-28(14-12-26)49-19-21-50(22-20-49)34(53)17-18-42-31-10-6-9-30-35(31)39(56)51(38(30)55)32-15-16-33(52)46-37(32)54/h5-14,23-24,32-33,42,48,52H,15-22H2,1-4H3,(H,46,54)(H2,43,44,45,47). The predicted octanol–water partition coefficient (Wildman–Crippen LogP) is 3.69. The van der Waals surface area contributed by atoms with Gasteiger partial charge in [0, 0.05) is 79.2 Å². The van der Waals surface area contributed by atoms with Crippen molar-refractivity contribution in [2.24, 2.45) is 0 Å². The Kier molecular flexibility index (Phi) is 11.6. The molecule has 2 saturated heterocycles. The van der Waals surface area contributed by atoms with E-state index in [1.165, 1.54) is 0 Å². The molecule has 0 saturated carbocycles. The van der Waals surface area contributed by atoms with Gasteiger partial charge in [0.1, 0.15) is 18.1 Å². The van der Waals surface area contributed by atoms with Gasteiger partial charge >= 0.3 is 0 Å². The molecule has 2 fully saturated rings. The summed E-state index contributed by atoms with van der Waals surface area (Å²) in [6, 6.07) is 18.3. The van der Waals surface area contributed by atoms with Crippen LogP contribution in [0.5, 0.6) is 0 Å². The SMILES string of the molecule is Cc1cnc(Nc2ccc(N3CCN(C(=O)CCNc4cccc5c4C(=O)N(C4CCC(O)NC4=O)C5=O)CC3)cc2)nc1Nc1cccc(S(=O)(=O)NC(C)(C)C)c1. The van der Waals surface area contributed by atoms with E-state index in [0.717, 1.165) is 21.8 Å². The number of anilines is 6. The van der Waals surface area contributed by atoms with E-state index in [1.807, 2.05) is 36.1 Å². The van der Waals surface area contributed by atoms with Gasteiger partial charge in [-0.3, -0.25) is 24.1 Å². The number of fused-ring (bicyclic) bond motifs is 1. The molecule has 0 spiro atoms. The Hall–Kier alpha value is -6.11. The van der Waals surface area contributed by atoms with Gasteiger partial charge in [0.05, 0.1) is 16.0 Å². The number of aryl methyl sites for hydroxylation is 1. The lowest BCUT2D eigenvalue weighted by Crippen LogP contribution is -2.55. The normalized spacial score (nSPS) is 18.4. The smallest absolute Gasteiger partial charge is 0.264 e. The van der Waals surface area contributed by atoms with Gasteiger partial charge in [0.2, 0.25) is 27.8 Å². The number of benzene rings is 3. The van der Waals surface area contributed by atoms with Gasteiger partial charge in [0.15, 0.2) is 0 Å². The molecule has 310 valence electrons. The van der Waals surface area contributed by atoms with E-state index < -0.39 is 45.6 Å². The third kappa shape index (κ3) is 9.29. The number of carbonyl (C=O) groups excluding carboxylic acids is 4. The Morgan fingerprint density at radius 1 is 0.915 bits per heavy atom. The maximum Gasteiger partial charge on any atom is 0.264 e. The minimum absolute atomic E-state index is 0.0343. The molecule has 59 heavy (non-hydrogen) atoms. The maximum absolute atomic E-state index is 13.4. The fourth-order valence-electron chi connectivity index (χ4n) is 7.29. The summed E-state index contributed by atoms with van der Waals surface area (Å²) in [6.45, 7) is 9.82. The van der Waals surface area contributed by atoms with Crippen molar-refractivity contribution in [3.8, 4) is 0 Å². The van der Waals surface area contributed by atoms with Gasteiger partial charge < -0.3 is 36.2 Å². The summed E-state index contributed by atoms with van der Waals surface area (Å²) >= 11 is 0. The summed E-state index contributed by atoms with van der Waals surface area (Å²) in [7, 11) is -3.72. The molecule has 0 aliphatic carbocycles. The minimum atomic E-state index is -3.72. The first-order chi connectivity index (χ1) is 28.1. The molecule has 17 nitrogen and oxygen atoms in total. The van der Waals surface area contributed by atoms with Crippen LogP contribution in [0.1, 0.15) is 66.3 Å². The zero-order valence-corrected chi connectivity index (χ0v) is 34.1. The second-order valence-corrected chi connectivity index (χ2v) is 17.5. The maximum atomic E-state index is 13.4. The molecule has 3 aromatic carbocycles. The summed E-state index contributed by atoms with van der Waals surface area (Å²) < 4.78 is 28.4. The number of piperazine rings is 1. The number of nitrogens with one attached hydrogen (secondary N) is 5. The molecule has 1 aromatic heterocycles. The number of sulfonamides is 1. The summed E-state index contributed by atoms with van der Waals surface area (Å²) in [5, 5.41) is 21.7. The van der Waals surface area contributed by atoms with Crippen LogP contribution in [0, 0.1) is 6.92 Å². The van der Waals surface area contributed by atoms with E-state index in [2.05, 4.69) is 40.9 Å². The van der Waals surface area contributed by atoms with Gasteiger partial charge in [-0.25, -0.2) is 18.1 Å². The molecule has 2 atom stereocenters. The zero-order chi connectivity index (χ0) is 42.1. The fraction of sp³-hybridized carbons (Fsp3) is 0.366. The van der Waals surface area contributed by atoms with Crippen molar-refractivity contribution in [3.05, 3.63) is 89.6 Å². The number of aliphatic hydroxyl groups excluding tert-OH is 1. The number of amides is 4. The number of hydrogen-bond donors (Lipinski definition) is 6. The van der Waals surface area contributed by atoms with Crippen molar-refractivity contribution >= 4 is 68.2 Å². The molecule has 4 aromatic rings. The Morgan fingerprint density at radius 2 is 1.64 bits per heavy atom. The highest BCUT2D eigenvalue weighted by atomic mass is 32.2. The van der Waals surface area contributed by atoms with E-state index in [1.54, 1.807) is 69.4 Å². The third-order valence-corrected chi connectivity index (χ3v) is 11.9. The number of rotatable bonds is 12. The molecule has 3 aliphatic rings. The summed E-state index contributed by atoms with van der Waals surface area (Å²) in [5.41, 5.74) is 3.28. The average Bonchev–Trinajstić information content (AvgIpc) is 3.44. The number of piperidine rings is 1. The van der Waals surface area contributed by atoms with Crippen LogP contribution in [0.25, 0.3) is 0 Å². The van der Waals surface area contributed by atoms with Gasteiger partial charge in [-0.2, -0.15) is 4.98 Å². The summed E-state index contributed by atoms with van der Waals surface area (Å²) in [4.78, 5) is 66.4. The van der Waals surface area contributed by atoms with Crippen LogP contribution in [-0.4, -0.2) is 107 Å². The first-order valence-corrected chi connectivity index (χ1v) is 20.9. The van der Waals surface area contributed by atoms with Gasteiger partial charge in [-0.1, -0.05) is 12.1 Å². The van der Waals surface area contributed by atoms with Crippen molar-refractivity contribution in [1.29, 1.82) is 0 Å². The number of aliphatic hydroxyl groups is 1. The van der Waals surface area contributed by atoms with Gasteiger partial charge in [-0.05, 0) is 95.1 Å². The molecular weight excluding hydrogens is 777 g/mol. The van der Waals surface area contributed by atoms with E-state index in [0.29, 0.717) is 49.3 Å². The Balaban J connectivity index is 0.893. The van der Waals surface area contributed by atoms with E-state index >= 15 is 0 Å². The van der Waals surface area contributed by atoms with Crippen LogP contribution < -0.4 is 30.9 Å². The minimum Gasteiger partial charge on any atom is -0.384 e. The Bertz CT molecular complexity index is 2380. The lowest BCUT2D eigenvalue weighted by Gasteiger charge is -2.36. The largest absolute Gasteiger partial charge is 0.384 e. The van der Waals surface area contributed by atoms with Gasteiger partial charge in [0.25, 0.3) is 11.8 Å². The molecule has 2 unspecified atom stereocenters. The van der Waals surface area contributed by atoms with Crippen LogP contribution >= 0.6 is 0 Å². The monoisotopic (exact) mass is 824 g/mol. The van der Waals surface area contributed by atoms with Crippen LogP contribution in [0.4, 0.5) is 34.5 Å². The highest BCUT2D eigenvalue weighted by Gasteiger charge is 2.45. The van der Waals surface area contributed by atoms with Crippen molar-refractivity contribution in [1.82, 2.24) is 29.8 Å². The average molecular weight is 825 g/mol. The van der Waals surface area contributed by atoms with Crippen LogP contribution in [0.2, 0.25) is 0 Å². The predicted molar refractivity (Wildman–Crippen MR) is 222 cm³/mol. The molecule has 0 bridgehead atoms. The number of aromatic nitrogens is 2. The first kappa shape index (κ1) is 41.1. The van der Waals surface area contributed by atoms with E-state index in [9.17, 15) is 32.7 Å². The molecule has 4 amide bonds. The molecule has 0 radical (unpaired) electrons. The second-order valence-electron chi connectivity index (χ2n) is 15.8. The highest BCUT2D eigenvalue weighted by Crippen LogP contribution is 2.33. The number of nitrogens with zero attached hydrogens (tertiary/aromatic N) is 5. The lowest BCUT2D eigenvalue weighted by atomic mass is 10.0. The quantitative estimate of drug-likeness (QED) is 0.113. The lowest BCUT2D eigenvalue weighted by molar-refractivity contribution is -0.132. The van der Waals surface area contributed by atoms with Crippen molar-refractivity contribution in [2.45, 2.75) is 69.7 Å². The van der Waals surface area contributed by atoms with Gasteiger partial charge in [-0.15, -0.1) is 0 Å². The Labute approximate surface area is 342 Å². The van der Waals surface area contributed by atoms with E-state index in [4.69, 9.17) is 0 Å². The molecule has 3 aliphatic heterocycles. The van der Waals surface area contributed by atoms with Crippen LogP contribution in [0.3, 0.4) is 0 Å². The van der Waals surface area contributed by atoms with Crippen molar-refractivity contribution < 1.29 is 32.7 Å². The number of carbonyl (C=O) groups is 4. The third-order valence-electron chi connectivity index (χ3n) is 10.2. The zero-order valence-electron chi connectivity index (χ0n) is 33.3. The van der Waals surface area contributed by atoms with Crippen LogP contribution in [0.15, 0.2) is 77.8 Å². The molecule has 4 heterocycles. The van der Waals surface area contributed by atoms with Crippen molar-refractivity contribution in [2.75, 3.05) is 53.6 Å².